The number of fused-ring (bicyclic) bond motifs is 1. The molecule has 1 N–H and O–H groups in total. The third kappa shape index (κ3) is 5.03. The van der Waals surface area contributed by atoms with Crippen molar-refractivity contribution < 1.29 is 23.9 Å². The van der Waals surface area contributed by atoms with Crippen LogP contribution < -0.4 is 5.32 Å². The highest BCUT2D eigenvalue weighted by Gasteiger charge is 2.51. The van der Waals surface area contributed by atoms with E-state index in [0.29, 0.717) is 18.5 Å². The molecule has 7 heteroatoms. The number of allylic oxidation sites excluding steroid dienone is 2. The van der Waals surface area contributed by atoms with E-state index < -0.39 is 36.4 Å². The van der Waals surface area contributed by atoms with Crippen LogP contribution in [0.1, 0.15) is 24.0 Å². The summed E-state index contributed by atoms with van der Waals surface area (Å²) in [5, 5.41) is 2.67. The monoisotopic (exact) mass is 446 g/mol. The Morgan fingerprint density at radius 1 is 0.970 bits per heavy atom. The van der Waals surface area contributed by atoms with Crippen LogP contribution in [0.3, 0.4) is 0 Å². The van der Waals surface area contributed by atoms with Crippen molar-refractivity contribution in [3.8, 4) is 0 Å². The fourth-order valence-corrected chi connectivity index (χ4v) is 4.32. The molecule has 7 nitrogen and oxygen atoms in total. The average molecular weight is 447 g/mol. The predicted octanol–water partition coefficient (Wildman–Crippen LogP) is 3.04. The summed E-state index contributed by atoms with van der Waals surface area (Å²) in [5.74, 6) is -2.86. The highest BCUT2D eigenvalue weighted by Crippen LogP contribution is 2.36. The largest absolute Gasteiger partial charge is 0.454 e. The lowest BCUT2D eigenvalue weighted by molar-refractivity contribution is -0.159. The van der Waals surface area contributed by atoms with Crippen molar-refractivity contribution in [1.82, 2.24) is 4.90 Å². The topological polar surface area (TPSA) is 92.8 Å². The third-order valence-electron chi connectivity index (χ3n) is 6.08. The summed E-state index contributed by atoms with van der Waals surface area (Å²) in [4.78, 5) is 52.6. The van der Waals surface area contributed by atoms with Crippen LogP contribution in [0.5, 0.6) is 0 Å². The number of amides is 3. The Labute approximate surface area is 192 Å². The van der Waals surface area contributed by atoms with Gasteiger partial charge in [-0.1, -0.05) is 60.2 Å². The molecule has 1 saturated heterocycles. The maximum atomic E-state index is 13.1. The Bertz CT molecular complexity index is 1050. The molecule has 2 aliphatic rings. The first-order valence-corrected chi connectivity index (χ1v) is 11.0. The second-order valence-electron chi connectivity index (χ2n) is 8.43. The van der Waals surface area contributed by atoms with Crippen molar-refractivity contribution >= 4 is 29.4 Å². The SMILES string of the molecule is Cc1ccc(NC(=O)COC(=O)[C@H](Cc2ccccc2)N2C(=O)[C@H]3CC=CC[C@H]3C2=O)cc1. The van der Waals surface area contributed by atoms with Gasteiger partial charge in [0, 0.05) is 12.1 Å². The Morgan fingerprint density at radius 3 is 2.18 bits per heavy atom. The number of likely N-dealkylation sites (tertiary alicyclic amines) is 1. The van der Waals surface area contributed by atoms with Gasteiger partial charge in [0.25, 0.3) is 5.91 Å². The van der Waals surface area contributed by atoms with Gasteiger partial charge in [-0.15, -0.1) is 0 Å². The Morgan fingerprint density at radius 2 is 1.58 bits per heavy atom. The molecule has 0 aromatic heterocycles. The maximum absolute atomic E-state index is 13.1. The quantitative estimate of drug-likeness (QED) is 0.401. The van der Waals surface area contributed by atoms with Crippen LogP contribution in [0.25, 0.3) is 0 Å². The van der Waals surface area contributed by atoms with Crippen LogP contribution in [-0.2, 0) is 30.3 Å². The molecular weight excluding hydrogens is 420 g/mol. The van der Waals surface area contributed by atoms with E-state index in [0.717, 1.165) is 16.0 Å². The number of ether oxygens (including phenoxy) is 1. The zero-order chi connectivity index (χ0) is 23.4. The molecule has 0 bridgehead atoms. The number of anilines is 1. The third-order valence-corrected chi connectivity index (χ3v) is 6.08. The van der Waals surface area contributed by atoms with E-state index in [1.807, 2.05) is 61.5 Å². The number of aryl methyl sites for hydroxylation is 1. The van der Waals surface area contributed by atoms with E-state index in [1.165, 1.54) is 0 Å². The molecule has 0 spiro atoms. The van der Waals surface area contributed by atoms with Crippen molar-refractivity contribution in [3.05, 3.63) is 77.9 Å². The van der Waals surface area contributed by atoms with Gasteiger partial charge in [0.1, 0.15) is 6.04 Å². The van der Waals surface area contributed by atoms with E-state index in [9.17, 15) is 19.2 Å². The Kier molecular flexibility index (Phi) is 6.68. The molecule has 0 unspecified atom stereocenters. The number of carbonyl (C=O) groups is 4. The molecule has 1 aliphatic heterocycles. The van der Waals surface area contributed by atoms with Gasteiger partial charge in [0.05, 0.1) is 11.8 Å². The molecule has 3 atom stereocenters. The lowest BCUT2D eigenvalue weighted by atomic mass is 9.85. The summed E-state index contributed by atoms with van der Waals surface area (Å²) >= 11 is 0. The molecule has 2 aromatic carbocycles. The van der Waals surface area contributed by atoms with Crippen molar-refractivity contribution in [3.63, 3.8) is 0 Å². The van der Waals surface area contributed by atoms with Gasteiger partial charge in [0.15, 0.2) is 6.61 Å². The fraction of sp³-hybridized carbons (Fsp3) is 0.308. The van der Waals surface area contributed by atoms with Crippen LogP contribution in [-0.4, -0.2) is 41.2 Å². The van der Waals surface area contributed by atoms with Crippen LogP contribution in [0.15, 0.2) is 66.7 Å². The zero-order valence-corrected chi connectivity index (χ0v) is 18.4. The maximum Gasteiger partial charge on any atom is 0.330 e. The van der Waals surface area contributed by atoms with Crippen molar-refractivity contribution in [2.24, 2.45) is 11.8 Å². The highest BCUT2D eigenvalue weighted by molar-refractivity contribution is 6.08. The molecule has 0 radical (unpaired) electrons. The highest BCUT2D eigenvalue weighted by atomic mass is 16.5. The van der Waals surface area contributed by atoms with Crippen LogP contribution in [0.2, 0.25) is 0 Å². The molecule has 170 valence electrons. The van der Waals surface area contributed by atoms with Crippen LogP contribution in [0.4, 0.5) is 5.69 Å². The molecule has 2 aromatic rings. The fourth-order valence-electron chi connectivity index (χ4n) is 4.32. The van der Waals surface area contributed by atoms with E-state index in [-0.39, 0.29) is 18.2 Å². The number of hydrogen-bond donors (Lipinski definition) is 1. The van der Waals surface area contributed by atoms with E-state index >= 15 is 0 Å². The standard InChI is InChI=1S/C26H26N2O5/c1-17-11-13-19(14-12-17)27-23(29)16-33-26(32)22(15-18-7-3-2-4-8-18)28-24(30)20-9-5-6-10-21(20)25(28)31/h2-8,11-14,20-22H,9-10,15-16H2,1H3,(H,27,29)/t20-,21+,22-/m0/s1. The molecular formula is C26H26N2O5. The molecule has 4 rings (SSSR count). The number of esters is 1. The summed E-state index contributed by atoms with van der Waals surface area (Å²) < 4.78 is 5.28. The lowest BCUT2D eigenvalue weighted by Gasteiger charge is -2.25. The Balaban J connectivity index is 1.48. The molecule has 0 saturated carbocycles. The summed E-state index contributed by atoms with van der Waals surface area (Å²) in [6.07, 6.45) is 4.89. The van der Waals surface area contributed by atoms with Crippen molar-refractivity contribution in [1.29, 1.82) is 0 Å². The minimum Gasteiger partial charge on any atom is -0.454 e. The van der Waals surface area contributed by atoms with Gasteiger partial charge < -0.3 is 10.1 Å². The van der Waals surface area contributed by atoms with Crippen molar-refractivity contribution in [2.75, 3.05) is 11.9 Å². The number of carbonyl (C=O) groups excluding carboxylic acids is 4. The molecule has 3 amide bonds. The van der Waals surface area contributed by atoms with Gasteiger partial charge in [-0.3, -0.25) is 19.3 Å². The van der Waals surface area contributed by atoms with Gasteiger partial charge in [0.2, 0.25) is 11.8 Å². The van der Waals surface area contributed by atoms with Gasteiger partial charge in [-0.2, -0.15) is 0 Å². The number of hydrogen-bond acceptors (Lipinski definition) is 5. The second kappa shape index (κ2) is 9.81. The number of benzene rings is 2. The number of nitrogens with zero attached hydrogens (tertiary/aromatic N) is 1. The predicted molar refractivity (Wildman–Crippen MR) is 122 cm³/mol. The minimum absolute atomic E-state index is 0.129. The van der Waals surface area contributed by atoms with Crippen LogP contribution >= 0.6 is 0 Å². The minimum atomic E-state index is -1.12. The number of rotatable bonds is 7. The summed E-state index contributed by atoms with van der Waals surface area (Å²) in [6.45, 7) is 1.43. The van der Waals surface area contributed by atoms with Gasteiger partial charge in [-0.25, -0.2) is 4.79 Å². The van der Waals surface area contributed by atoms with Crippen LogP contribution in [0, 0.1) is 18.8 Å². The molecule has 1 aliphatic carbocycles. The first-order chi connectivity index (χ1) is 15.9. The first kappa shape index (κ1) is 22.5. The normalized spacial score (nSPS) is 20.3. The van der Waals surface area contributed by atoms with Gasteiger partial charge in [-0.05, 0) is 37.5 Å². The average Bonchev–Trinajstić information content (AvgIpc) is 3.08. The molecule has 1 heterocycles. The molecule has 33 heavy (non-hydrogen) atoms. The van der Waals surface area contributed by atoms with E-state index in [4.69, 9.17) is 4.74 Å². The van der Waals surface area contributed by atoms with E-state index in [2.05, 4.69) is 5.32 Å². The molecule has 1 fully saturated rings. The van der Waals surface area contributed by atoms with Crippen molar-refractivity contribution in [2.45, 2.75) is 32.2 Å². The Hall–Kier alpha value is -3.74. The summed E-state index contributed by atoms with van der Waals surface area (Å²) in [6, 6.07) is 15.2. The zero-order valence-electron chi connectivity index (χ0n) is 18.4. The number of imide groups is 1. The summed E-state index contributed by atoms with van der Waals surface area (Å²) in [7, 11) is 0. The lowest BCUT2D eigenvalue weighted by Crippen LogP contribution is -2.48. The summed E-state index contributed by atoms with van der Waals surface area (Å²) in [5.41, 5.74) is 2.43. The smallest absolute Gasteiger partial charge is 0.330 e. The number of nitrogens with one attached hydrogen (secondary N) is 1. The van der Waals surface area contributed by atoms with Gasteiger partial charge >= 0.3 is 5.97 Å². The van der Waals surface area contributed by atoms with E-state index in [1.54, 1.807) is 12.1 Å². The second-order valence-corrected chi connectivity index (χ2v) is 8.43. The first-order valence-electron chi connectivity index (χ1n) is 11.0.